The number of ketones is 1. The Labute approximate surface area is 135 Å². The molecular weight excluding hydrogens is 272 g/mol. The minimum Gasteiger partial charge on any atom is -0.369 e. The fourth-order valence-electron chi connectivity index (χ4n) is 5.38. The third-order valence-electron chi connectivity index (χ3n) is 7.16. The van der Waals surface area contributed by atoms with Crippen LogP contribution >= 0.6 is 0 Å². The third kappa shape index (κ3) is 2.58. The Morgan fingerprint density at radius 3 is 2.59 bits per heavy atom. The van der Waals surface area contributed by atoms with Gasteiger partial charge in [-0.2, -0.15) is 0 Å². The fourth-order valence-corrected chi connectivity index (χ4v) is 5.38. The zero-order valence-corrected chi connectivity index (χ0v) is 14.9. The predicted molar refractivity (Wildman–Crippen MR) is 89.7 cm³/mol. The summed E-state index contributed by atoms with van der Waals surface area (Å²) >= 11 is 0. The molecule has 3 rings (SSSR count). The molecule has 0 saturated carbocycles. The van der Waals surface area contributed by atoms with E-state index < -0.39 is 0 Å². The molecule has 124 valence electrons. The molecule has 22 heavy (non-hydrogen) atoms. The highest BCUT2D eigenvalue weighted by Gasteiger charge is 2.60. The van der Waals surface area contributed by atoms with Crippen LogP contribution in [0.5, 0.6) is 0 Å². The molecule has 2 bridgehead atoms. The number of carbonyl (C=O) groups excluding carboxylic acids is 1. The van der Waals surface area contributed by atoms with Crippen molar-refractivity contribution in [2.75, 3.05) is 0 Å². The lowest BCUT2D eigenvalue weighted by molar-refractivity contribution is -0.120. The maximum absolute atomic E-state index is 12.2. The molecule has 0 spiro atoms. The Hall–Kier alpha value is -0.630. The van der Waals surface area contributed by atoms with E-state index >= 15 is 0 Å². The Morgan fingerprint density at radius 1 is 1.32 bits per heavy atom. The maximum atomic E-state index is 12.2. The standard InChI is InChI=1S/C20H32O2/c1-13-6-8-16(18(21)12-13)14(2)7-9-17-15(3)19(4)10-11-20(17,5)22-19/h12,14-17H,6-11H2,1-5H3/t14-,15+,16+,17+,19-,20+/m0/s1. The van der Waals surface area contributed by atoms with Crippen LogP contribution in [0.25, 0.3) is 0 Å². The molecule has 0 aromatic rings. The monoisotopic (exact) mass is 304 g/mol. The van der Waals surface area contributed by atoms with E-state index in [2.05, 4.69) is 34.6 Å². The van der Waals surface area contributed by atoms with Crippen LogP contribution < -0.4 is 0 Å². The molecule has 2 fully saturated rings. The number of carbonyl (C=O) groups is 1. The van der Waals surface area contributed by atoms with Gasteiger partial charge in [-0.15, -0.1) is 0 Å². The molecule has 0 aromatic heterocycles. The lowest BCUT2D eigenvalue weighted by Gasteiger charge is -2.36. The first-order valence-electron chi connectivity index (χ1n) is 9.16. The van der Waals surface area contributed by atoms with Crippen LogP contribution in [0.4, 0.5) is 0 Å². The SMILES string of the molecule is CC1=CC(=O)[C@@H]([C@@H](C)CC[C@@H]2[C@@H](C)[C@]3(C)CC[C@@]2(C)O3)CC1. The van der Waals surface area contributed by atoms with Gasteiger partial charge < -0.3 is 4.74 Å². The second-order valence-electron chi connectivity index (χ2n) is 8.72. The van der Waals surface area contributed by atoms with Gasteiger partial charge in [-0.05, 0) is 83.1 Å². The van der Waals surface area contributed by atoms with Gasteiger partial charge in [0.2, 0.25) is 0 Å². The highest BCUT2D eigenvalue weighted by molar-refractivity contribution is 5.93. The molecule has 2 heterocycles. The average Bonchev–Trinajstić information content (AvgIpc) is 2.84. The molecule has 0 radical (unpaired) electrons. The van der Waals surface area contributed by atoms with Crippen molar-refractivity contribution in [3.8, 4) is 0 Å². The van der Waals surface area contributed by atoms with Crippen LogP contribution in [-0.2, 0) is 9.53 Å². The third-order valence-corrected chi connectivity index (χ3v) is 7.16. The second-order valence-corrected chi connectivity index (χ2v) is 8.72. The minimum absolute atomic E-state index is 0.0843. The van der Waals surface area contributed by atoms with Gasteiger partial charge in [0.05, 0.1) is 11.2 Å². The molecule has 0 aromatic carbocycles. The van der Waals surface area contributed by atoms with Crippen molar-refractivity contribution in [2.24, 2.45) is 23.7 Å². The summed E-state index contributed by atoms with van der Waals surface area (Å²) in [5.74, 6) is 2.42. The average molecular weight is 304 g/mol. The quantitative estimate of drug-likeness (QED) is 0.736. The number of hydrogen-bond acceptors (Lipinski definition) is 2. The van der Waals surface area contributed by atoms with Crippen molar-refractivity contribution in [1.82, 2.24) is 0 Å². The summed E-state index contributed by atoms with van der Waals surface area (Å²) in [6, 6.07) is 0. The molecule has 6 atom stereocenters. The Balaban J connectivity index is 1.60. The van der Waals surface area contributed by atoms with Gasteiger partial charge in [-0.1, -0.05) is 19.4 Å². The highest BCUT2D eigenvalue weighted by atomic mass is 16.5. The van der Waals surface area contributed by atoms with E-state index in [0.29, 0.717) is 23.5 Å². The van der Waals surface area contributed by atoms with Gasteiger partial charge >= 0.3 is 0 Å². The van der Waals surface area contributed by atoms with E-state index in [-0.39, 0.29) is 17.1 Å². The van der Waals surface area contributed by atoms with Crippen LogP contribution in [-0.4, -0.2) is 17.0 Å². The largest absolute Gasteiger partial charge is 0.369 e. The summed E-state index contributed by atoms with van der Waals surface area (Å²) in [7, 11) is 0. The number of hydrogen-bond donors (Lipinski definition) is 0. The first-order chi connectivity index (χ1) is 10.3. The summed E-state index contributed by atoms with van der Waals surface area (Å²) in [5, 5.41) is 0. The van der Waals surface area contributed by atoms with Crippen LogP contribution in [0.1, 0.15) is 73.1 Å². The summed E-state index contributed by atoms with van der Waals surface area (Å²) < 4.78 is 6.41. The minimum atomic E-state index is 0.0843. The maximum Gasteiger partial charge on any atom is 0.158 e. The molecule has 3 aliphatic rings. The lowest BCUT2D eigenvalue weighted by atomic mass is 9.66. The van der Waals surface area contributed by atoms with Gasteiger partial charge in [0.15, 0.2) is 5.78 Å². The van der Waals surface area contributed by atoms with Crippen LogP contribution in [0, 0.1) is 23.7 Å². The highest BCUT2D eigenvalue weighted by Crippen LogP contribution is 2.58. The topological polar surface area (TPSA) is 26.3 Å². The van der Waals surface area contributed by atoms with Gasteiger partial charge in [-0.25, -0.2) is 0 Å². The number of fused-ring (bicyclic) bond motifs is 2. The Bertz CT molecular complexity index is 494. The summed E-state index contributed by atoms with van der Waals surface area (Å²) in [5.41, 5.74) is 1.44. The van der Waals surface area contributed by atoms with E-state index in [1.807, 2.05) is 6.08 Å². The molecule has 0 N–H and O–H groups in total. The smallest absolute Gasteiger partial charge is 0.158 e. The van der Waals surface area contributed by atoms with E-state index in [1.54, 1.807) is 0 Å². The summed E-state index contributed by atoms with van der Waals surface area (Å²) in [6.07, 6.45) is 8.82. The molecule has 2 aliphatic heterocycles. The van der Waals surface area contributed by atoms with E-state index in [1.165, 1.54) is 24.8 Å². The van der Waals surface area contributed by atoms with E-state index in [4.69, 9.17) is 4.74 Å². The van der Waals surface area contributed by atoms with Crippen molar-refractivity contribution >= 4 is 5.78 Å². The zero-order chi connectivity index (χ0) is 16.1. The van der Waals surface area contributed by atoms with Crippen molar-refractivity contribution in [3.05, 3.63) is 11.6 Å². The molecule has 2 saturated heterocycles. The molecule has 1 aliphatic carbocycles. The van der Waals surface area contributed by atoms with Crippen molar-refractivity contribution in [1.29, 1.82) is 0 Å². The zero-order valence-electron chi connectivity index (χ0n) is 14.9. The molecule has 0 unspecified atom stereocenters. The van der Waals surface area contributed by atoms with Gasteiger partial charge in [0.1, 0.15) is 0 Å². The molecule has 2 heteroatoms. The molecule has 2 nitrogen and oxygen atoms in total. The van der Waals surface area contributed by atoms with E-state index in [0.717, 1.165) is 19.3 Å². The van der Waals surface area contributed by atoms with Crippen molar-refractivity contribution in [2.45, 2.75) is 84.3 Å². The second kappa shape index (κ2) is 5.47. The summed E-state index contributed by atoms with van der Waals surface area (Å²) in [6.45, 7) is 11.3. The van der Waals surface area contributed by atoms with Crippen LogP contribution in [0.3, 0.4) is 0 Å². The Kier molecular flexibility index (Phi) is 4.04. The van der Waals surface area contributed by atoms with Gasteiger partial charge in [0, 0.05) is 5.92 Å². The van der Waals surface area contributed by atoms with Crippen molar-refractivity contribution in [3.63, 3.8) is 0 Å². The molecule has 0 amide bonds. The van der Waals surface area contributed by atoms with Crippen LogP contribution in [0.15, 0.2) is 11.6 Å². The number of rotatable bonds is 4. The van der Waals surface area contributed by atoms with Gasteiger partial charge in [0.25, 0.3) is 0 Å². The van der Waals surface area contributed by atoms with Crippen molar-refractivity contribution < 1.29 is 9.53 Å². The predicted octanol–water partition coefficient (Wildman–Crippen LogP) is 4.92. The summed E-state index contributed by atoms with van der Waals surface area (Å²) in [4.78, 5) is 12.2. The number of ether oxygens (including phenoxy) is 1. The fraction of sp³-hybridized carbons (Fsp3) is 0.850. The lowest BCUT2D eigenvalue weighted by Crippen LogP contribution is -2.37. The normalized spacial score (nSPS) is 46.0. The molecular formula is C20H32O2. The van der Waals surface area contributed by atoms with E-state index in [9.17, 15) is 4.79 Å². The number of allylic oxidation sites excluding steroid dienone is 2. The van der Waals surface area contributed by atoms with Crippen LogP contribution in [0.2, 0.25) is 0 Å². The first kappa shape index (κ1) is 16.2. The Morgan fingerprint density at radius 2 is 2.00 bits per heavy atom. The first-order valence-corrected chi connectivity index (χ1v) is 9.16. The van der Waals surface area contributed by atoms with Gasteiger partial charge in [-0.3, -0.25) is 4.79 Å².